The van der Waals surface area contributed by atoms with Gasteiger partial charge in [-0.05, 0) is 55.3 Å². The Hall–Kier alpha value is -1.37. The van der Waals surface area contributed by atoms with E-state index in [1.165, 1.54) is 24.3 Å². The molecule has 0 spiro atoms. The van der Waals surface area contributed by atoms with Crippen LogP contribution in [-0.2, 0) is 14.6 Å². The van der Waals surface area contributed by atoms with E-state index in [2.05, 4.69) is 21.2 Å². The highest BCUT2D eigenvalue weighted by molar-refractivity contribution is 9.10. The third kappa shape index (κ3) is 3.48. The topological polar surface area (TPSA) is 63.2 Å². The monoisotopic (exact) mass is 441 g/mol. The summed E-state index contributed by atoms with van der Waals surface area (Å²) in [7, 11) is -3.83. The fourth-order valence-corrected chi connectivity index (χ4v) is 5.81. The van der Waals surface area contributed by atoms with Gasteiger partial charge in [0.25, 0.3) is 0 Å². The van der Waals surface area contributed by atoms with E-state index in [-0.39, 0.29) is 4.90 Å². The fourth-order valence-electron chi connectivity index (χ4n) is 3.21. The van der Waals surface area contributed by atoms with E-state index in [9.17, 15) is 13.2 Å². The molecule has 1 fully saturated rings. The van der Waals surface area contributed by atoms with Crippen molar-refractivity contribution in [2.75, 3.05) is 5.32 Å². The Bertz CT molecular complexity index is 891. The van der Waals surface area contributed by atoms with Crippen LogP contribution in [0.2, 0.25) is 5.02 Å². The van der Waals surface area contributed by atoms with Gasteiger partial charge in [0, 0.05) is 15.2 Å². The summed E-state index contributed by atoms with van der Waals surface area (Å²) in [4.78, 5) is 13.1. The van der Waals surface area contributed by atoms with E-state index in [0.29, 0.717) is 36.4 Å². The molecular weight excluding hydrogens is 426 g/mol. The highest BCUT2D eigenvalue weighted by atomic mass is 79.9. The van der Waals surface area contributed by atoms with Crippen LogP contribution in [0.5, 0.6) is 0 Å². The Kier molecular flexibility index (Phi) is 5.23. The Balaban J connectivity index is 1.98. The molecular formula is C18H17BrClNO3S. The number of halogens is 2. The maximum Gasteiger partial charge on any atom is 0.246 e. The van der Waals surface area contributed by atoms with E-state index in [1.807, 2.05) is 6.07 Å². The summed E-state index contributed by atoms with van der Waals surface area (Å²) in [6, 6.07) is 13.1. The number of carbonyl (C=O) groups is 1. The number of rotatable bonds is 4. The first-order valence-corrected chi connectivity index (χ1v) is 10.6. The number of carbonyl (C=O) groups excluding carboxylic acids is 1. The molecule has 0 bridgehead atoms. The van der Waals surface area contributed by atoms with Gasteiger partial charge in [0.15, 0.2) is 14.6 Å². The highest BCUT2D eigenvalue weighted by Crippen LogP contribution is 2.41. The van der Waals surface area contributed by atoms with Crippen molar-refractivity contribution in [3.05, 3.63) is 58.0 Å². The number of hydrogen-bond acceptors (Lipinski definition) is 3. The fraction of sp³-hybridized carbons (Fsp3) is 0.278. The van der Waals surface area contributed by atoms with Crippen LogP contribution in [0.3, 0.4) is 0 Å². The average Bonchev–Trinajstić information content (AvgIpc) is 3.07. The first-order valence-electron chi connectivity index (χ1n) is 7.92. The van der Waals surface area contributed by atoms with Gasteiger partial charge < -0.3 is 5.32 Å². The van der Waals surface area contributed by atoms with E-state index in [1.54, 1.807) is 18.2 Å². The lowest BCUT2D eigenvalue weighted by molar-refractivity contribution is -0.118. The van der Waals surface area contributed by atoms with Gasteiger partial charge in [0.2, 0.25) is 5.91 Å². The highest BCUT2D eigenvalue weighted by Gasteiger charge is 2.52. The number of hydrogen-bond donors (Lipinski definition) is 1. The third-order valence-electron chi connectivity index (χ3n) is 4.55. The van der Waals surface area contributed by atoms with Crippen molar-refractivity contribution in [3.63, 3.8) is 0 Å². The number of amides is 1. The Morgan fingerprint density at radius 1 is 1.08 bits per heavy atom. The van der Waals surface area contributed by atoms with Gasteiger partial charge in [-0.2, -0.15) is 0 Å². The van der Waals surface area contributed by atoms with Crippen LogP contribution in [0, 0.1) is 0 Å². The van der Waals surface area contributed by atoms with Crippen LogP contribution < -0.4 is 5.32 Å². The second kappa shape index (κ2) is 7.09. The molecule has 0 unspecified atom stereocenters. The van der Waals surface area contributed by atoms with Crippen molar-refractivity contribution in [2.24, 2.45) is 0 Å². The zero-order valence-corrected chi connectivity index (χ0v) is 16.5. The van der Waals surface area contributed by atoms with Crippen LogP contribution in [0.25, 0.3) is 0 Å². The van der Waals surface area contributed by atoms with Crippen molar-refractivity contribution in [1.82, 2.24) is 0 Å². The van der Waals surface area contributed by atoms with Crippen molar-refractivity contribution >= 4 is 49.0 Å². The van der Waals surface area contributed by atoms with Crippen LogP contribution in [0.15, 0.2) is 57.9 Å². The number of nitrogens with one attached hydrogen (secondary N) is 1. The summed E-state index contributed by atoms with van der Waals surface area (Å²) in [5.74, 6) is -0.474. The van der Waals surface area contributed by atoms with E-state index < -0.39 is 20.5 Å². The predicted molar refractivity (Wildman–Crippen MR) is 103 cm³/mol. The molecule has 1 N–H and O–H groups in total. The van der Waals surface area contributed by atoms with Gasteiger partial charge in [0.05, 0.1) is 4.90 Å². The largest absolute Gasteiger partial charge is 0.325 e. The lowest BCUT2D eigenvalue weighted by Gasteiger charge is -2.27. The number of anilines is 1. The molecule has 4 nitrogen and oxygen atoms in total. The second-order valence-corrected chi connectivity index (χ2v) is 9.74. The molecule has 0 saturated heterocycles. The average molecular weight is 443 g/mol. The van der Waals surface area contributed by atoms with Crippen LogP contribution in [0.4, 0.5) is 5.69 Å². The van der Waals surface area contributed by atoms with Gasteiger partial charge in [-0.1, -0.05) is 46.4 Å². The molecule has 3 rings (SSSR count). The smallest absolute Gasteiger partial charge is 0.246 e. The third-order valence-corrected chi connectivity index (χ3v) is 7.81. The van der Waals surface area contributed by atoms with Crippen molar-refractivity contribution < 1.29 is 13.2 Å². The Labute approximate surface area is 160 Å². The summed E-state index contributed by atoms with van der Waals surface area (Å²) >= 11 is 9.21. The summed E-state index contributed by atoms with van der Waals surface area (Å²) in [5, 5.41) is 3.24. The zero-order valence-electron chi connectivity index (χ0n) is 13.3. The maximum atomic E-state index is 13.3. The first kappa shape index (κ1) is 18.4. The quantitative estimate of drug-likeness (QED) is 0.738. The molecule has 0 radical (unpaired) electrons. The number of sulfone groups is 1. The molecule has 0 aliphatic heterocycles. The summed E-state index contributed by atoms with van der Waals surface area (Å²) < 4.78 is 25.9. The molecule has 1 aliphatic carbocycles. The van der Waals surface area contributed by atoms with E-state index >= 15 is 0 Å². The minimum absolute atomic E-state index is 0.128. The van der Waals surface area contributed by atoms with Gasteiger partial charge in [-0.3, -0.25) is 4.79 Å². The zero-order chi connectivity index (χ0) is 18.1. The summed E-state index contributed by atoms with van der Waals surface area (Å²) in [6.07, 6.45) is 2.05. The molecule has 0 atom stereocenters. The molecule has 25 heavy (non-hydrogen) atoms. The lowest BCUT2D eigenvalue weighted by atomic mass is 10.1. The molecule has 0 heterocycles. The van der Waals surface area contributed by atoms with Gasteiger partial charge >= 0.3 is 0 Å². The van der Waals surface area contributed by atoms with Crippen LogP contribution in [-0.4, -0.2) is 19.1 Å². The molecule has 2 aromatic carbocycles. The normalized spacial score (nSPS) is 16.6. The molecule has 7 heteroatoms. The number of benzene rings is 2. The summed E-state index contributed by atoms with van der Waals surface area (Å²) in [5.41, 5.74) is 0.567. The first-order chi connectivity index (χ1) is 11.8. The maximum absolute atomic E-state index is 13.3. The molecule has 1 saturated carbocycles. The minimum Gasteiger partial charge on any atom is -0.325 e. The van der Waals surface area contributed by atoms with Gasteiger partial charge in [-0.25, -0.2) is 8.42 Å². The Morgan fingerprint density at radius 3 is 2.32 bits per heavy atom. The molecule has 0 aromatic heterocycles. The molecule has 1 amide bonds. The van der Waals surface area contributed by atoms with Crippen LogP contribution >= 0.6 is 27.5 Å². The van der Waals surface area contributed by atoms with Gasteiger partial charge in [0.1, 0.15) is 0 Å². The standard InChI is InChI=1S/C18H17BrClNO3S/c19-13-4-3-5-15(12-13)21-17(22)18(10-1-2-11-18)25(23,24)16-8-6-14(20)7-9-16/h3-9,12H,1-2,10-11H2,(H,21,22). The van der Waals surface area contributed by atoms with Crippen LogP contribution in [0.1, 0.15) is 25.7 Å². The molecule has 132 valence electrons. The lowest BCUT2D eigenvalue weighted by Crippen LogP contribution is -2.47. The Morgan fingerprint density at radius 2 is 1.72 bits per heavy atom. The van der Waals surface area contributed by atoms with E-state index in [0.717, 1.165) is 4.47 Å². The van der Waals surface area contributed by atoms with E-state index in [4.69, 9.17) is 11.6 Å². The SMILES string of the molecule is O=C(Nc1cccc(Br)c1)C1(S(=O)(=O)c2ccc(Cl)cc2)CCCC1. The summed E-state index contributed by atoms with van der Waals surface area (Å²) in [6.45, 7) is 0. The molecule has 1 aliphatic rings. The van der Waals surface area contributed by atoms with Crippen molar-refractivity contribution in [2.45, 2.75) is 35.3 Å². The second-order valence-electron chi connectivity index (χ2n) is 6.12. The van der Waals surface area contributed by atoms with Crippen molar-refractivity contribution in [1.29, 1.82) is 0 Å². The molecule has 2 aromatic rings. The van der Waals surface area contributed by atoms with Crippen molar-refractivity contribution in [3.8, 4) is 0 Å². The predicted octanol–water partition coefficient (Wildman–Crippen LogP) is 4.83. The minimum atomic E-state index is -3.83. The van der Waals surface area contributed by atoms with Gasteiger partial charge in [-0.15, -0.1) is 0 Å².